The van der Waals surface area contributed by atoms with E-state index in [-0.39, 0.29) is 29.8 Å². The third kappa shape index (κ3) is 3.72. The molecule has 1 saturated heterocycles. The van der Waals surface area contributed by atoms with Crippen LogP contribution in [-0.4, -0.2) is 45.8 Å². The monoisotopic (exact) mass is 442 g/mol. The molecule has 8 nitrogen and oxygen atoms in total. The first-order valence-corrected chi connectivity index (χ1v) is 10.9. The van der Waals surface area contributed by atoms with E-state index in [0.717, 1.165) is 25.7 Å². The maximum Gasteiger partial charge on any atom is 0.278 e. The molecule has 32 heavy (non-hydrogen) atoms. The maximum atomic E-state index is 13.3. The van der Waals surface area contributed by atoms with Crippen LogP contribution in [0.25, 0.3) is 0 Å². The number of nitrogens with zero attached hydrogens (tertiary/aromatic N) is 3. The molecule has 1 aromatic carbocycles. The van der Waals surface area contributed by atoms with Crippen LogP contribution in [-0.2, 0) is 6.54 Å². The lowest BCUT2D eigenvalue weighted by atomic mass is 10.0. The zero-order valence-electron chi connectivity index (χ0n) is 18.2. The first-order valence-electron chi connectivity index (χ1n) is 10.9. The molecule has 2 aliphatic rings. The van der Waals surface area contributed by atoms with Gasteiger partial charge in [0.15, 0.2) is 11.4 Å². The van der Waals surface area contributed by atoms with E-state index in [9.17, 15) is 23.9 Å². The van der Waals surface area contributed by atoms with E-state index in [1.54, 1.807) is 17.9 Å². The lowest BCUT2D eigenvalue weighted by Gasteiger charge is -2.49. The molecule has 3 heterocycles. The van der Waals surface area contributed by atoms with Crippen LogP contribution in [0.15, 0.2) is 29.2 Å². The lowest BCUT2D eigenvalue weighted by Crippen LogP contribution is -2.63. The zero-order valence-corrected chi connectivity index (χ0v) is 18.2. The van der Waals surface area contributed by atoms with Crippen LogP contribution in [0.5, 0.6) is 5.75 Å². The highest BCUT2D eigenvalue weighted by atomic mass is 19.1. The van der Waals surface area contributed by atoms with Gasteiger partial charge in [-0.1, -0.05) is 13.0 Å². The summed E-state index contributed by atoms with van der Waals surface area (Å²) >= 11 is 0. The minimum atomic E-state index is -0.884. The molecular formula is C23H27FN4O4. The van der Waals surface area contributed by atoms with Crippen LogP contribution in [0, 0.1) is 12.7 Å². The second kappa shape index (κ2) is 8.64. The zero-order chi connectivity index (χ0) is 23.0. The number of aryl methyl sites for hydroxylation is 1. The number of fused-ring (bicyclic) bond motifs is 3. The van der Waals surface area contributed by atoms with Gasteiger partial charge in [-0.3, -0.25) is 24.1 Å². The first kappa shape index (κ1) is 21.9. The number of hydrogen-bond acceptors (Lipinski definition) is 5. The Balaban J connectivity index is 1.68. The molecule has 1 atom stereocenters. The Hall–Kier alpha value is -3.36. The molecule has 4 rings (SSSR count). The molecule has 2 amide bonds. The molecule has 0 saturated carbocycles. The van der Waals surface area contributed by atoms with E-state index in [1.165, 1.54) is 23.0 Å². The molecule has 0 aliphatic carbocycles. The van der Waals surface area contributed by atoms with Gasteiger partial charge >= 0.3 is 0 Å². The maximum absolute atomic E-state index is 13.3. The summed E-state index contributed by atoms with van der Waals surface area (Å²) in [6.07, 6.45) is 4.59. The summed E-state index contributed by atoms with van der Waals surface area (Å²) in [7, 11) is 0. The van der Waals surface area contributed by atoms with Gasteiger partial charge in [0.25, 0.3) is 11.8 Å². The van der Waals surface area contributed by atoms with Crippen molar-refractivity contribution in [3.8, 4) is 5.75 Å². The van der Waals surface area contributed by atoms with E-state index >= 15 is 0 Å². The van der Waals surface area contributed by atoms with Crippen molar-refractivity contribution in [1.29, 1.82) is 0 Å². The normalized spacial score (nSPS) is 17.7. The molecule has 0 bridgehead atoms. The fourth-order valence-corrected chi connectivity index (χ4v) is 4.51. The number of pyridine rings is 1. The van der Waals surface area contributed by atoms with Crippen molar-refractivity contribution in [2.24, 2.45) is 0 Å². The number of amides is 2. The molecule has 1 aromatic heterocycles. The number of carbonyl (C=O) groups excluding carboxylic acids is 2. The minimum Gasteiger partial charge on any atom is -0.502 e. The number of carbonyl (C=O) groups is 2. The van der Waals surface area contributed by atoms with Crippen LogP contribution in [0.2, 0.25) is 0 Å². The summed E-state index contributed by atoms with van der Waals surface area (Å²) in [4.78, 5) is 40.5. The quantitative estimate of drug-likeness (QED) is 0.741. The lowest BCUT2D eigenvalue weighted by molar-refractivity contribution is 0.0519. The molecule has 2 aromatic rings. The molecule has 1 fully saturated rings. The van der Waals surface area contributed by atoms with Crippen molar-refractivity contribution < 1.29 is 19.1 Å². The second-order valence-electron chi connectivity index (χ2n) is 8.31. The van der Waals surface area contributed by atoms with E-state index in [4.69, 9.17) is 0 Å². The number of benzene rings is 1. The number of rotatable bonds is 5. The number of aromatic hydroxyl groups is 1. The third-order valence-electron chi connectivity index (χ3n) is 6.16. The largest absolute Gasteiger partial charge is 0.502 e. The van der Waals surface area contributed by atoms with Gasteiger partial charge in [-0.15, -0.1) is 0 Å². The van der Waals surface area contributed by atoms with Gasteiger partial charge in [0.1, 0.15) is 17.5 Å². The van der Waals surface area contributed by atoms with Crippen LogP contribution in [0.4, 0.5) is 4.39 Å². The molecule has 9 heteroatoms. The highest BCUT2D eigenvalue weighted by Crippen LogP contribution is 2.29. The highest BCUT2D eigenvalue weighted by Gasteiger charge is 2.41. The van der Waals surface area contributed by atoms with Gasteiger partial charge in [0.2, 0.25) is 5.43 Å². The molecule has 0 unspecified atom stereocenters. The van der Waals surface area contributed by atoms with Crippen LogP contribution in [0.3, 0.4) is 0 Å². The molecule has 0 spiro atoms. The number of hydrogen-bond donors (Lipinski definition) is 2. The Morgan fingerprint density at radius 2 is 2.06 bits per heavy atom. The van der Waals surface area contributed by atoms with Crippen molar-refractivity contribution in [2.45, 2.75) is 52.2 Å². The van der Waals surface area contributed by atoms with E-state index in [1.807, 2.05) is 11.9 Å². The molecule has 0 radical (unpaired) electrons. The Kier molecular flexibility index (Phi) is 5.90. The van der Waals surface area contributed by atoms with Crippen molar-refractivity contribution >= 4 is 11.8 Å². The van der Waals surface area contributed by atoms with Crippen molar-refractivity contribution in [3.63, 3.8) is 0 Å². The Bertz CT molecular complexity index is 1130. The topological polar surface area (TPSA) is 94.9 Å². The van der Waals surface area contributed by atoms with E-state index in [2.05, 4.69) is 5.32 Å². The van der Waals surface area contributed by atoms with Gasteiger partial charge in [-0.25, -0.2) is 4.39 Å². The van der Waals surface area contributed by atoms with Crippen LogP contribution in [0.1, 0.15) is 64.6 Å². The number of nitrogens with one attached hydrogen (secondary N) is 1. The molecular weight excluding hydrogens is 415 g/mol. The van der Waals surface area contributed by atoms with E-state index < -0.39 is 23.0 Å². The second-order valence-corrected chi connectivity index (χ2v) is 8.31. The van der Waals surface area contributed by atoms with Gasteiger partial charge in [0, 0.05) is 25.8 Å². The third-order valence-corrected chi connectivity index (χ3v) is 6.16. The van der Waals surface area contributed by atoms with Gasteiger partial charge in [0.05, 0.1) is 0 Å². The Morgan fingerprint density at radius 1 is 1.28 bits per heavy atom. The predicted octanol–water partition coefficient (Wildman–Crippen LogP) is 2.25. The van der Waals surface area contributed by atoms with Crippen molar-refractivity contribution in [2.75, 3.05) is 18.1 Å². The summed E-state index contributed by atoms with van der Waals surface area (Å²) in [6, 6.07) is 4.24. The van der Waals surface area contributed by atoms with Gasteiger partial charge < -0.3 is 15.3 Å². The van der Waals surface area contributed by atoms with Crippen molar-refractivity contribution in [1.82, 2.24) is 14.9 Å². The fraction of sp³-hybridized carbons (Fsp3) is 0.435. The summed E-state index contributed by atoms with van der Waals surface area (Å²) in [5.74, 6) is -2.15. The Labute approximate surface area is 185 Å². The average Bonchev–Trinajstić information content (AvgIpc) is 2.77. The number of aromatic nitrogens is 1. The van der Waals surface area contributed by atoms with Crippen LogP contribution < -0.4 is 15.8 Å². The number of piperidine rings is 1. The number of halogens is 1. The van der Waals surface area contributed by atoms with Crippen LogP contribution >= 0.6 is 0 Å². The smallest absolute Gasteiger partial charge is 0.278 e. The molecule has 2 aliphatic heterocycles. The van der Waals surface area contributed by atoms with Gasteiger partial charge in [-0.05, 0) is 55.9 Å². The first-order chi connectivity index (χ1) is 15.3. The fourth-order valence-electron chi connectivity index (χ4n) is 4.51. The standard InChI is InChI=1S/C23H27FN4O4/c1-3-9-26-18-6-4-5-10-27(18)28-13-17(20(29)21(30)19(28)23(26)32)22(31)25-12-15-7-8-16(24)11-14(15)2/h7-8,11,13,18,30H,3-6,9-10,12H2,1-2H3,(H,25,31)/t18-/m0/s1. The van der Waals surface area contributed by atoms with Gasteiger partial charge in [-0.2, -0.15) is 0 Å². The summed E-state index contributed by atoms with van der Waals surface area (Å²) in [5.41, 5.74) is 0.154. The summed E-state index contributed by atoms with van der Waals surface area (Å²) < 4.78 is 14.8. The molecule has 2 N–H and O–H groups in total. The Morgan fingerprint density at radius 3 is 2.78 bits per heavy atom. The summed E-state index contributed by atoms with van der Waals surface area (Å²) in [5, 5.41) is 15.3. The average molecular weight is 442 g/mol. The minimum absolute atomic E-state index is 0.0997. The van der Waals surface area contributed by atoms with E-state index in [0.29, 0.717) is 24.2 Å². The SMILES string of the molecule is CCCN1C(=O)c2c(O)c(=O)c(C(=O)NCc3ccc(F)cc3C)cn2N2CCCC[C@@H]12. The molecule has 170 valence electrons. The summed E-state index contributed by atoms with van der Waals surface area (Å²) in [6.45, 7) is 4.96. The van der Waals surface area contributed by atoms with Crippen molar-refractivity contribution in [3.05, 3.63) is 62.8 Å². The predicted molar refractivity (Wildman–Crippen MR) is 117 cm³/mol. The highest BCUT2D eigenvalue weighted by molar-refractivity contribution is 5.99.